The molecule has 3 aromatic rings. The molecular formula is C16H13ClN6O3S. The zero-order valence-corrected chi connectivity index (χ0v) is 15.3. The molecule has 0 radical (unpaired) electrons. The largest absolute Gasteiger partial charge is 0.335 e. The summed E-state index contributed by atoms with van der Waals surface area (Å²) in [7, 11) is 0. The maximum Gasteiger partial charge on any atom is 0.269 e. The summed E-state index contributed by atoms with van der Waals surface area (Å²) in [5.41, 5.74) is 1.18. The minimum absolute atomic E-state index is 0.0321. The number of nitrogens with two attached hydrogens (primary N) is 1. The second kappa shape index (κ2) is 8.06. The number of benzene rings is 2. The van der Waals surface area contributed by atoms with Crippen LogP contribution in [0.2, 0.25) is 5.02 Å². The Labute approximate surface area is 162 Å². The number of aromatic nitrogens is 3. The van der Waals surface area contributed by atoms with Gasteiger partial charge in [-0.05, 0) is 36.4 Å². The van der Waals surface area contributed by atoms with E-state index in [9.17, 15) is 14.9 Å². The number of halogens is 1. The van der Waals surface area contributed by atoms with Gasteiger partial charge in [-0.1, -0.05) is 23.4 Å². The number of carbonyl (C=O) groups excluding carboxylic acids is 1. The molecule has 0 spiro atoms. The summed E-state index contributed by atoms with van der Waals surface area (Å²) < 4.78 is 1.24. The Balaban J connectivity index is 1.64. The summed E-state index contributed by atoms with van der Waals surface area (Å²) in [6.07, 6.45) is 0. The Morgan fingerprint density at radius 3 is 2.48 bits per heavy atom. The first-order valence-corrected chi connectivity index (χ1v) is 8.94. The molecule has 0 fully saturated rings. The number of nitrogens with zero attached hydrogens (tertiary/aromatic N) is 4. The van der Waals surface area contributed by atoms with Crippen LogP contribution in [0.4, 0.5) is 11.4 Å². The molecule has 11 heteroatoms. The molecule has 0 atom stereocenters. The molecule has 0 saturated carbocycles. The molecule has 3 N–H and O–H groups in total. The molecule has 9 nitrogen and oxygen atoms in total. The molecular weight excluding hydrogens is 392 g/mol. The van der Waals surface area contributed by atoms with Gasteiger partial charge in [0.2, 0.25) is 11.1 Å². The van der Waals surface area contributed by atoms with E-state index in [-0.39, 0.29) is 17.3 Å². The highest BCUT2D eigenvalue weighted by molar-refractivity contribution is 7.99. The fraction of sp³-hybridized carbons (Fsp3) is 0.0625. The lowest BCUT2D eigenvalue weighted by atomic mass is 10.2. The second-order valence-electron chi connectivity index (χ2n) is 5.32. The van der Waals surface area contributed by atoms with E-state index in [0.717, 1.165) is 11.8 Å². The van der Waals surface area contributed by atoms with E-state index >= 15 is 0 Å². The lowest BCUT2D eigenvalue weighted by Gasteiger charge is -2.05. The van der Waals surface area contributed by atoms with Crippen LogP contribution in [0.5, 0.6) is 0 Å². The van der Waals surface area contributed by atoms with Crippen LogP contribution in [0.25, 0.3) is 11.4 Å². The van der Waals surface area contributed by atoms with Crippen molar-refractivity contribution in [1.82, 2.24) is 14.9 Å². The number of thioether (sulfide) groups is 1. The van der Waals surface area contributed by atoms with Gasteiger partial charge in [-0.15, -0.1) is 10.2 Å². The first-order valence-electron chi connectivity index (χ1n) is 7.57. The van der Waals surface area contributed by atoms with E-state index in [4.69, 9.17) is 17.4 Å². The summed E-state index contributed by atoms with van der Waals surface area (Å²) in [5.74, 6) is 6.17. The van der Waals surface area contributed by atoms with Crippen molar-refractivity contribution in [3.63, 3.8) is 0 Å². The van der Waals surface area contributed by atoms with Crippen LogP contribution in [0.3, 0.4) is 0 Å². The predicted molar refractivity (Wildman–Crippen MR) is 103 cm³/mol. The Morgan fingerprint density at radius 2 is 1.85 bits per heavy atom. The van der Waals surface area contributed by atoms with Crippen molar-refractivity contribution in [2.75, 3.05) is 16.9 Å². The monoisotopic (exact) mass is 404 g/mol. The van der Waals surface area contributed by atoms with Crippen molar-refractivity contribution in [2.45, 2.75) is 5.16 Å². The Bertz CT molecular complexity index is 975. The molecule has 3 rings (SSSR count). The minimum atomic E-state index is -0.489. The number of hydrogen-bond donors (Lipinski definition) is 2. The number of nitrogen functional groups attached to an aromatic ring is 1. The molecule has 0 aliphatic rings. The first kappa shape index (κ1) is 18.7. The van der Waals surface area contributed by atoms with Crippen molar-refractivity contribution in [3.8, 4) is 11.4 Å². The minimum Gasteiger partial charge on any atom is -0.335 e. The molecule has 0 unspecified atom stereocenters. The molecule has 0 aliphatic carbocycles. The number of nitro benzene ring substituents is 1. The van der Waals surface area contributed by atoms with E-state index in [1.807, 2.05) is 0 Å². The van der Waals surface area contributed by atoms with Crippen LogP contribution < -0.4 is 11.2 Å². The molecule has 1 heterocycles. The van der Waals surface area contributed by atoms with E-state index in [1.54, 1.807) is 24.3 Å². The van der Waals surface area contributed by atoms with Gasteiger partial charge in [0.15, 0.2) is 5.82 Å². The number of amides is 1. The average Bonchev–Trinajstić information content (AvgIpc) is 3.02. The van der Waals surface area contributed by atoms with Crippen LogP contribution in [-0.4, -0.2) is 31.5 Å². The number of nitro groups is 1. The van der Waals surface area contributed by atoms with Gasteiger partial charge >= 0.3 is 0 Å². The third-order valence-corrected chi connectivity index (χ3v) is 4.66. The summed E-state index contributed by atoms with van der Waals surface area (Å²) in [5, 5.41) is 22.3. The fourth-order valence-electron chi connectivity index (χ4n) is 2.16. The second-order valence-corrected chi connectivity index (χ2v) is 6.70. The lowest BCUT2D eigenvalue weighted by Crippen LogP contribution is -2.16. The molecule has 0 saturated heterocycles. The Kier molecular flexibility index (Phi) is 5.57. The predicted octanol–water partition coefficient (Wildman–Crippen LogP) is 2.95. The number of non-ortho nitro benzene ring substituents is 1. The summed E-state index contributed by atoms with van der Waals surface area (Å²) in [4.78, 5) is 22.3. The number of carbonyl (C=O) groups is 1. The third kappa shape index (κ3) is 4.54. The maximum atomic E-state index is 12.0. The number of hydrogen-bond acceptors (Lipinski definition) is 7. The third-order valence-electron chi connectivity index (χ3n) is 3.46. The topological polar surface area (TPSA) is 129 Å². The smallest absolute Gasteiger partial charge is 0.269 e. The van der Waals surface area contributed by atoms with Gasteiger partial charge in [0.05, 0.1) is 10.7 Å². The Hall–Kier alpha value is -3.11. The van der Waals surface area contributed by atoms with E-state index < -0.39 is 4.92 Å². The fourth-order valence-corrected chi connectivity index (χ4v) is 2.95. The standard InChI is InChI=1S/C16H13ClN6O3S/c17-11-3-5-12(6-4-11)19-14(24)9-27-16-21-20-15(22(16)18)10-1-7-13(8-2-10)23(25)26/h1-8H,9,18H2,(H,19,24). The van der Waals surface area contributed by atoms with Crippen LogP contribution in [0, 0.1) is 10.1 Å². The van der Waals surface area contributed by atoms with E-state index in [1.165, 1.54) is 28.9 Å². The van der Waals surface area contributed by atoms with E-state index in [2.05, 4.69) is 15.5 Å². The van der Waals surface area contributed by atoms with Gasteiger partial charge in [0, 0.05) is 28.4 Å². The molecule has 0 aliphatic heterocycles. The van der Waals surface area contributed by atoms with Crippen LogP contribution >= 0.6 is 23.4 Å². The van der Waals surface area contributed by atoms with Crippen molar-refractivity contribution in [1.29, 1.82) is 0 Å². The molecule has 2 aromatic carbocycles. The number of rotatable bonds is 6. The van der Waals surface area contributed by atoms with Crippen molar-refractivity contribution in [2.24, 2.45) is 0 Å². The lowest BCUT2D eigenvalue weighted by molar-refractivity contribution is -0.384. The van der Waals surface area contributed by atoms with Crippen molar-refractivity contribution >= 4 is 40.6 Å². The SMILES string of the molecule is Nn1c(SCC(=O)Nc2ccc(Cl)cc2)nnc1-c1ccc([N+](=O)[O-])cc1. The van der Waals surface area contributed by atoms with E-state index in [0.29, 0.717) is 27.3 Å². The molecule has 1 amide bonds. The summed E-state index contributed by atoms with van der Waals surface area (Å²) in [6.45, 7) is 0. The molecule has 0 bridgehead atoms. The Morgan fingerprint density at radius 1 is 1.19 bits per heavy atom. The first-order chi connectivity index (χ1) is 12.9. The van der Waals surface area contributed by atoms with Gasteiger partial charge in [-0.25, -0.2) is 4.68 Å². The van der Waals surface area contributed by atoms with Gasteiger partial charge < -0.3 is 11.2 Å². The molecule has 138 valence electrons. The number of anilines is 1. The van der Waals surface area contributed by atoms with Crippen LogP contribution in [-0.2, 0) is 4.79 Å². The van der Waals surface area contributed by atoms with Gasteiger partial charge in [0.1, 0.15) is 0 Å². The normalized spacial score (nSPS) is 10.6. The highest BCUT2D eigenvalue weighted by atomic mass is 35.5. The summed E-state index contributed by atoms with van der Waals surface area (Å²) in [6, 6.07) is 12.5. The average molecular weight is 405 g/mol. The van der Waals surface area contributed by atoms with Crippen molar-refractivity contribution in [3.05, 3.63) is 63.7 Å². The van der Waals surface area contributed by atoms with Gasteiger partial charge in [-0.2, -0.15) is 0 Å². The van der Waals surface area contributed by atoms with Crippen molar-refractivity contribution < 1.29 is 9.72 Å². The van der Waals surface area contributed by atoms with Gasteiger partial charge in [-0.3, -0.25) is 14.9 Å². The molecule has 27 heavy (non-hydrogen) atoms. The summed E-state index contributed by atoms with van der Waals surface area (Å²) >= 11 is 6.92. The van der Waals surface area contributed by atoms with Crippen LogP contribution in [0.1, 0.15) is 0 Å². The maximum absolute atomic E-state index is 12.0. The number of nitrogens with one attached hydrogen (secondary N) is 1. The highest BCUT2D eigenvalue weighted by Gasteiger charge is 2.15. The molecule has 1 aromatic heterocycles. The quantitative estimate of drug-likeness (QED) is 0.279. The van der Waals surface area contributed by atoms with Gasteiger partial charge in [0.25, 0.3) is 5.69 Å². The zero-order valence-electron chi connectivity index (χ0n) is 13.7. The van der Waals surface area contributed by atoms with Crippen LogP contribution in [0.15, 0.2) is 53.7 Å². The highest BCUT2D eigenvalue weighted by Crippen LogP contribution is 2.23. The zero-order chi connectivity index (χ0) is 19.4.